The van der Waals surface area contributed by atoms with E-state index < -0.39 is 17.2 Å². The van der Waals surface area contributed by atoms with Gasteiger partial charge in [-0.2, -0.15) is 9.78 Å². The zero-order valence-electron chi connectivity index (χ0n) is 15.6. The van der Waals surface area contributed by atoms with Gasteiger partial charge in [-0.15, -0.1) is 0 Å². The third-order valence-corrected chi connectivity index (χ3v) is 4.09. The predicted molar refractivity (Wildman–Crippen MR) is 104 cm³/mol. The van der Waals surface area contributed by atoms with Crippen molar-refractivity contribution in [2.24, 2.45) is 0 Å². The Morgan fingerprint density at radius 1 is 1.11 bits per heavy atom. The van der Waals surface area contributed by atoms with Gasteiger partial charge in [0.05, 0.1) is 19.3 Å². The van der Waals surface area contributed by atoms with Gasteiger partial charge in [0.25, 0.3) is 11.5 Å². The van der Waals surface area contributed by atoms with Gasteiger partial charge in [0.2, 0.25) is 5.69 Å². The molecule has 0 radical (unpaired) electrons. The largest absolute Gasteiger partial charge is 0.497 e. The van der Waals surface area contributed by atoms with E-state index in [1.54, 1.807) is 61.5 Å². The van der Waals surface area contributed by atoms with Crippen molar-refractivity contribution in [3.8, 4) is 11.4 Å². The highest BCUT2D eigenvalue weighted by atomic mass is 16.5. The standard InChI is InChI=1S/C20H20N4O4/c1-3-21-18(25)17-19(26)23(13-14-8-7-11-16(12-14)28-2)20(27)24(22-17)15-9-5-4-6-10-15/h4-12H,3,13H2,1-2H3,(H,21,25). The fourth-order valence-corrected chi connectivity index (χ4v) is 2.73. The molecule has 1 amide bonds. The summed E-state index contributed by atoms with van der Waals surface area (Å²) in [6.45, 7) is 2.05. The van der Waals surface area contributed by atoms with Gasteiger partial charge in [-0.3, -0.25) is 14.2 Å². The third kappa shape index (κ3) is 3.85. The molecule has 1 heterocycles. The second kappa shape index (κ2) is 8.34. The van der Waals surface area contributed by atoms with Crippen LogP contribution in [0.15, 0.2) is 64.2 Å². The number of carbonyl (C=O) groups is 1. The average molecular weight is 380 g/mol. The number of benzene rings is 2. The van der Waals surface area contributed by atoms with Crippen molar-refractivity contribution in [3.63, 3.8) is 0 Å². The first-order chi connectivity index (χ1) is 13.5. The molecule has 0 saturated heterocycles. The van der Waals surface area contributed by atoms with E-state index in [0.717, 1.165) is 9.25 Å². The fraction of sp³-hybridized carbons (Fsp3) is 0.200. The zero-order chi connectivity index (χ0) is 20.1. The van der Waals surface area contributed by atoms with Gasteiger partial charge in [0.15, 0.2) is 0 Å². The molecule has 0 atom stereocenters. The summed E-state index contributed by atoms with van der Waals surface area (Å²) in [6, 6.07) is 15.7. The van der Waals surface area contributed by atoms with Crippen LogP contribution in [-0.4, -0.2) is 33.9 Å². The summed E-state index contributed by atoms with van der Waals surface area (Å²) in [5.41, 5.74) is -0.574. The molecule has 0 aliphatic rings. The first kappa shape index (κ1) is 19.1. The Morgan fingerprint density at radius 3 is 2.54 bits per heavy atom. The number of hydrogen-bond donors (Lipinski definition) is 1. The van der Waals surface area contributed by atoms with Gasteiger partial charge in [0, 0.05) is 6.54 Å². The van der Waals surface area contributed by atoms with Gasteiger partial charge in [-0.1, -0.05) is 30.3 Å². The minimum absolute atomic E-state index is 0.0172. The molecule has 1 aromatic heterocycles. The third-order valence-electron chi connectivity index (χ3n) is 4.09. The van der Waals surface area contributed by atoms with Crippen molar-refractivity contribution in [3.05, 3.63) is 86.7 Å². The molecule has 1 N–H and O–H groups in total. The van der Waals surface area contributed by atoms with Crippen LogP contribution in [-0.2, 0) is 6.54 Å². The van der Waals surface area contributed by atoms with Crippen LogP contribution in [0.4, 0.5) is 0 Å². The van der Waals surface area contributed by atoms with Crippen molar-refractivity contribution in [2.45, 2.75) is 13.5 Å². The monoisotopic (exact) mass is 380 g/mol. The molecule has 0 spiro atoms. The number of hydrogen-bond acceptors (Lipinski definition) is 5. The van der Waals surface area contributed by atoms with Gasteiger partial charge in [-0.05, 0) is 36.8 Å². The lowest BCUT2D eigenvalue weighted by atomic mass is 10.2. The molecule has 144 valence electrons. The summed E-state index contributed by atoms with van der Waals surface area (Å²) < 4.78 is 7.25. The van der Waals surface area contributed by atoms with Crippen LogP contribution in [0, 0.1) is 0 Å². The van der Waals surface area contributed by atoms with E-state index in [4.69, 9.17) is 4.74 Å². The van der Waals surface area contributed by atoms with Crippen LogP contribution in [0.2, 0.25) is 0 Å². The molecule has 0 bridgehead atoms. The van der Waals surface area contributed by atoms with Crippen LogP contribution in [0.25, 0.3) is 5.69 Å². The maximum absolute atomic E-state index is 13.0. The predicted octanol–water partition coefficient (Wildman–Crippen LogP) is 1.20. The molecule has 2 aromatic carbocycles. The van der Waals surface area contributed by atoms with Crippen molar-refractivity contribution in [1.29, 1.82) is 0 Å². The van der Waals surface area contributed by atoms with Crippen molar-refractivity contribution in [2.75, 3.05) is 13.7 Å². The molecule has 28 heavy (non-hydrogen) atoms. The van der Waals surface area contributed by atoms with E-state index in [-0.39, 0.29) is 12.2 Å². The molecule has 8 heteroatoms. The summed E-state index contributed by atoms with van der Waals surface area (Å²) in [5, 5.41) is 6.59. The number of methoxy groups -OCH3 is 1. The van der Waals surface area contributed by atoms with Gasteiger partial charge >= 0.3 is 5.69 Å². The van der Waals surface area contributed by atoms with Gasteiger partial charge in [-0.25, -0.2) is 4.79 Å². The van der Waals surface area contributed by atoms with E-state index in [1.165, 1.54) is 7.11 Å². The lowest BCUT2D eigenvalue weighted by molar-refractivity contribution is 0.0946. The summed E-state index contributed by atoms with van der Waals surface area (Å²) in [7, 11) is 1.54. The van der Waals surface area contributed by atoms with E-state index in [0.29, 0.717) is 23.5 Å². The molecule has 0 unspecified atom stereocenters. The number of rotatable bonds is 6. The highest BCUT2D eigenvalue weighted by molar-refractivity contribution is 5.91. The Kier molecular flexibility index (Phi) is 5.69. The Balaban J connectivity index is 2.19. The fourth-order valence-electron chi connectivity index (χ4n) is 2.73. The molecule has 8 nitrogen and oxygen atoms in total. The molecular weight excluding hydrogens is 360 g/mol. The normalized spacial score (nSPS) is 10.5. The van der Waals surface area contributed by atoms with E-state index in [9.17, 15) is 14.4 Å². The Labute approximate surface area is 161 Å². The van der Waals surface area contributed by atoms with Crippen LogP contribution >= 0.6 is 0 Å². The van der Waals surface area contributed by atoms with E-state index >= 15 is 0 Å². The number of carbonyl (C=O) groups excluding carboxylic acids is 1. The first-order valence-electron chi connectivity index (χ1n) is 8.76. The second-order valence-corrected chi connectivity index (χ2v) is 5.98. The smallest absolute Gasteiger partial charge is 0.352 e. The number of amides is 1. The van der Waals surface area contributed by atoms with Gasteiger partial charge in [0.1, 0.15) is 5.75 Å². The number of nitrogens with one attached hydrogen (secondary N) is 1. The van der Waals surface area contributed by atoms with Crippen LogP contribution in [0.5, 0.6) is 5.75 Å². The maximum Gasteiger partial charge on any atom is 0.352 e. The average Bonchev–Trinajstić information content (AvgIpc) is 2.72. The summed E-state index contributed by atoms with van der Waals surface area (Å²) in [5.74, 6) is -0.0245. The second-order valence-electron chi connectivity index (χ2n) is 5.98. The van der Waals surface area contributed by atoms with Crippen LogP contribution in [0.1, 0.15) is 23.0 Å². The lowest BCUT2D eigenvalue weighted by Gasteiger charge is -2.12. The number of para-hydroxylation sites is 1. The van der Waals surface area contributed by atoms with Crippen molar-refractivity contribution in [1.82, 2.24) is 19.7 Å². The van der Waals surface area contributed by atoms with Gasteiger partial charge < -0.3 is 10.1 Å². The minimum atomic E-state index is -0.744. The van der Waals surface area contributed by atoms with Crippen LogP contribution in [0.3, 0.4) is 0 Å². The molecule has 0 aliphatic heterocycles. The zero-order valence-corrected chi connectivity index (χ0v) is 15.6. The molecule has 3 rings (SSSR count). The molecule has 0 saturated carbocycles. The van der Waals surface area contributed by atoms with E-state index in [2.05, 4.69) is 10.4 Å². The summed E-state index contributed by atoms with van der Waals surface area (Å²) in [6.07, 6.45) is 0. The van der Waals surface area contributed by atoms with E-state index in [1.807, 2.05) is 0 Å². The van der Waals surface area contributed by atoms with Crippen LogP contribution < -0.4 is 21.3 Å². The SMILES string of the molecule is CCNC(=O)c1nn(-c2ccccc2)c(=O)n(Cc2cccc(OC)c2)c1=O. The molecule has 0 fully saturated rings. The topological polar surface area (TPSA) is 95.2 Å². The molecule has 0 aliphatic carbocycles. The Bertz CT molecular complexity index is 1100. The first-order valence-corrected chi connectivity index (χ1v) is 8.76. The van der Waals surface area contributed by atoms with Crippen molar-refractivity contribution < 1.29 is 9.53 Å². The quantitative estimate of drug-likeness (QED) is 0.693. The highest BCUT2D eigenvalue weighted by Crippen LogP contribution is 2.13. The highest BCUT2D eigenvalue weighted by Gasteiger charge is 2.20. The molecule has 3 aromatic rings. The number of aromatic nitrogens is 3. The number of nitrogens with zero attached hydrogens (tertiary/aromatic N) is 3. The minimum Gasteiger partial charge on any atom is -0.497 e. The number of ether oxygens (including phenoxy) is 1. The lowest BCUT2D eigenvalue weighted by Crippen LogP contribution is -2.46. The summed E-state index contributed by atoms with van der Waals surface area (Å²) >= 11 is 0. The Morgan fingerprint density at radius 2 is 1.86 bits per heavy atom. The maximum atomic E-state index is 13.0. The summed E-state index contributed by atoms with van der Waals surface area (Å²) in [4.78, 5) is 38.2. The molecular formula is C20H20N4O4. The van der Waals surface area contributed by atoms with Crippen molar-refractivity contribution >= 4 is 5.91 Å². The Hall–Kier alpha value is -3.68.